The molecule has 0 aromatic heterocycles. The minimum Gasteiger partial charge on any atom is -0.312 e. The quantitative estimate of drug-likeness (QED) is 0.621. The molecule has 14 heavy (non-hydrogen) atoms. The van der Waals surface area contributed by atoms with Crippen molar-refractivity contribution in [1.82, 2.24) is 0 Å². The summed E-state index contributed by atoms with van der Waals surface area (Å²) in [5.41, 5.74) is 0. The first kappa shape index (κ1) is 13.8. The Labute approximate surface area is 85.5 Å². The maximum atomic E-state index is 11.6. The summed E-state index contributed by atoms with van der Waals surface area (Å²) in [7, 11) is -0.569. The van der Waals surface area contributed by atoms with E-state index in [-0.39, 0.29) is 11.9 Å². The average molecular weight is 222 g/mol. The Bertz CT molecular complexity index is 219. The zero-order valence-corrected chi connectivity index (χ0v) is 10.2. The third-order valence-corrected chi connectivity index (χ3v) is 4.05. The third-order valence-electron chi connectivity index (χ3n) is 2.20. The molecule has 0 aromatic rings. The van der Waals surface area contributed by atoms with Gasteiger partial charge in [0.25, 0.3) is 0 Å². The highest BCUT2D eigenvalue weighted by Gasteiger charge is 2.25. The lowest BCUT2D eigenvalue weighted by Crippen LogP contribution is -2.11. The molecule has 0 fully saturated rings. The van der Waals surface area contributed by atoms with Crippen LogP contribution in [-0.4, -0.2) is 26.2 Å². The van der Waals surface area contributed by atoms with E-state index in [9.17, 15) is 9.36 Å². The molecule has 0 aliphatic carbocycles. The zero-order chi connectivity index (χ0) is 11.2. The van der Waals surface area contributed by atoms with E-state index in [1.54, 1.807) is 0 Å². The monoisotopic (exact) mass is 222 g/mol. The van der Waals surface area contributed by atoms with E-state index in [0.717, 1.165) is 6.42 Å². The maximum absolute atomic E-state index is 11.6. The van der Waals surface area contributed by atoms with Crippen LogP contribution in [0, 0.1) is 5.92 Å². The molecule has 0 aliphatic rings. The van der Waals surface area contributed by atoms with Gasteiger partial charge in [0.2, 0.25) is 0 Å². The summed E-state index contributed by atoms with van der Waals surface area (Å²) < 4.78 is 20.9. The summed E-state index contributed by atoms with van der Waals surface area (Å²) in [5.74, 6) is 0.260. The van der Waals surface area contributed by atoms with Gasteiger partial charge in [-0.1, -0.05) is 20.3 Å². The van der Waals surface area contributed by atoms with Gasteiger partial charge in [0.1, 0.15) is 11.9 Å². The summed E-state index contributed by atoms with van der Waals surface area (Å²) in [6.45, 7) is 4.01. The highest BCUT2D eigenvalue weighted by Crippen LogP contribution is 2.46. The highest BCUT2D eigenvalue weighted by atomic mass is 31.2. The molecule has 1 atom stereocenters. The van der Waals surface area contributed by atoms with E-state index in [2.05, 4.69) is 9.05 Å². The molecule has 0 saturated heterocycles. The average Bonchev–Trinajstić information content (AvgIpc) is 2.17. The minimum absolute atomic E-state index is 0.0635. The lowest BCUT2D eigenvalue weighted by atomic mass is 10.0. The number of ketones is 1. The van der Waals surface area contributed by atoms with Crippen molar-refractivity contribution in [3.8, 4) is 0 Å². The SMILES string of the molecule is CC[C@@H](C)CC(=O)CP(=O)(OC)OC. The Morgan fingerprint density at radius 2 is 1.86 bits per heavy atom. The molecular weight excluding hydrogens is 203 g/mol. The zero-order valence-electron chi connectivity index (χ0n) is 9.28. The smallest absolute Gasteiger partial charge is 0.312 e. The van der Waals surface area contributed by atoms with Crippen molar-refractivity contribution < 1.29 is 18.4 Å². The van der Waals surface area contributed by atoms with E-state index >= 15 is 0 Å². The van der Waals surface area contributed by atoms with Gasteiger partial charge in [-0.2, -0.15) is 0 Å². The fourth-order valence-electron chi connectivity index (χ4n) is 1.02. The first-order valence-electron chi connectivity index (χ1n) is 4.69. The molecule has 84 valence electrons. The van der Waals surface area contributed by atoms with Crippen LogP contribution in [0.5, 0.6) is 0 Å². The van der Waals surface area contributed by atoms with Crippen molar-refractivity contribution in [3.63, 3.8) is 0 Å². The van der Waals surface area contributed by atoms with Crippen molar-refractivity contribution in [2.45, 2.75) is 26.7 Å². The second-order valence-electron chi connectivity index (χ2n) is 3.39. The van der Waals surface area contributed by atoms with E-state index in [1.807, 2.05) is 13.8 Å². The normalized spacial score (nSPS) is 14.0. The van der Waals surface area contributed by atoms with Gasteiger partial charge in [-0.15, -0.1) is 0 Å². The van der Waals surface area contributed by atoms with Crippen LogP contribution in [0.3, 0.4) is 0 Å². The van der Waals surface area contributed by atoms with Crippen LogP contribution < -0.4 is 0 Å². The second-order valence-corrected chi connectivity index (χ2v) is 5.66. The fraction of sp³-hybridized carbons (Fsp3) is 0.889. The van der Waals surface area contributed by atoms with Gasteiger partial charge in [0.05, 0.1) is 0 Å². The van der Waals surface area contributed by atoms with E-state index in [1.165, 1.54) is 14.2 Å². The number of Topliss-reactive ketones (excluding diaryl/α,β-unsaturated/α-hetero) is 1. The van der Waals surface area contributed by atoms with Crippen LogP contribution in [0.1, 0.15) is 26.7 Å². The number of hydrogen-bond acceptors (Lipinski definition) is 4. The molecule has 0 radical (unpaired) electrons. The number of hydrogen-bond donors (Lipinski definition) is 0. The van der Waals surface area contributed by atoms with E-state index in [4.69, 9.17) is 0 Å². The second kappa shape index (κ2) is 6.33. The van der Waals surface area contributed by atoms with E-state index in [0.29, 0.717) is 12.3 Å². The fourth-order valence-corrected chi connectivity index (χ4v) is 1.99. The summed E-state index contributed by atoms with van der Waals surface area (Å²) in [6.07, 6.45) is 1.26. The van der Waals surface area contributed by atoms with Crippen LogP contribution in [0.25, 0.3) is 0 Å². The largest absolute Gasteiger partial charge is 0.337 e. The van der Waals surface area contributed by atoms with Crippen molar-refractivity contribution in [3.05, 3.63) is 0 Å². The Morgan fingerprint density at radius 3 is 2.21 bits per heavy atom. The first-order valence-corrected chi connectivity index (χ1v) is 6.42. The molecule has 0 heterocycles. The molecule has 0 bridgehead atoms. The Kier molecular flexibility index (Phi) is 6.25. The van der Waals surface area contributed by atoms with Gasteiger partial charge >= 0.3 is 7.60 Å². The molecule has 0 spiro atoms. The van der Waals surface area contributed by atoms with Crippen molar-refractivity contribution in [2.75, 3.05) is 20.4 Å². The van der Waals surface area contributed by atoms with Crippen LogP contribution in [-0.2, 0) is 18.4 Å². The Balaban J connectivity index is 4.11. The predicted octanol–water partition coefficient (Wildman–Crippen LogP) is 2.48. The van der Waals surface area contributed by atoms with Gasteiger partial charge in [0, 0.05) is 20.6 Å². The van der Waals surface area contributed by atoms with Gasteiger partial charge < -0.3 is 9.05 Å². The first-order chi connectivity index (χ1) is 6.47. The standard InChI is InChI=1S/C9H19O4P/c1-5-8(2)6-9(10)7-14(11,12-3)13-4/h8H,5-7H2,1-4H3/t8-/m1/s1. The molecule has 5 heteroatoms. The molecule has 0 aliphatic heterocycles. The molecule has 0 amide bonds. The number of carbonyl (C=O) groups excluding carboxylic acids is 1. The van der Waals surface area contributed by atoms with Crippen LogP contribution in [0.15, 0.2) is 0 Å². The van der Waals surface area contributed by atoms with Crippen LogP contribution in [0.4, 0.5) is 0 Å². The molecule has 0 rings (SSSR count). The minimum atomic E-state index is -3.15. The molecular formula is C9H19O4P. The molecule has 0 N–H and O–H groups in total. The summed E-state index contributed by atoms with van der Waals surface area (Å²) in [5, 5.41) is 0. The van der Waals surface area contributed by atoms with E-state index < -0.39 is 7.60 Å². The Morgan fingerprint density at radius 1 is 1.36 bits per heavy atom. The predicted molar refractivity (Wildman–Crippen MR) is 55.6 cm³/mol. The molecule has 0 saturated carbocycles. The maximum Gasteiger partial charge on any atom is 0.337 e. The Hall–Kier alpha value is -0.180. The molecule has 0 aromatic carbocycles. The van der Waals surface area contributed by atoms with Crippen LogP contribution >= 0.6 is 7.60 Å². The van der Waals surface area contributed by atoms with Crippen LogP contribution in [0.2, 0.25) is 0 Å². The number of carbonyl (C=O) groups is 1. The van der Waals surface area contributed by atoms with Gasteiger partial charge in [-0.25, -0.2) is 0 Å². The highest BCUT2D eigenvalue weighted by molar-refractivity contribution is 7.54. The summed E-state index contributed by atoms with van der Waals surface area (Å²) in [4.78, 5) is 11.4. The molecule has 0 unspecified atom stereocenters. The van der Waals surface area contributed by atoms with Crippen molar-refractivity contribution in [2.24, 2.45) is 5.92 Å². The lowest BCUT2D eigenvalue weighted by molar-refractivity contribution is -0.117. The van der Waals surface area contributed by atoms with Gasteiger partial charge in [-0.05, 0) is 5.92 Å². The topological polar surface area (TPSA) is 52.6 Å². The molecule has 4 nitrogen and oxygen atoms in total. The third kappa shape index (κ3) is 4.89. The van der Waals surface area contributed by atoms with Gasteiger partial charge in [-0.3, -0.25) is 9.36 Å². The summed E-state index contributed by atoms with van der Waals surface area (Å²) in [6, 6.07) is 0. The van der Waals surface area contributed by atoms with Crippen molar-refractivity contribution >= 4 is 13.4 Å². The summed E-state index contributed by atoms with van der Waals surface area (Å²) >= 11 is 0. The van der Waals surface area contributed by atoms with Crippen molar-refractivity contribution in [1.29, 1.82) is 0 Å². The number of rotatable bonds is 7. The van der Waals surface area contributed by atoms with Gasteiger partial charge in [0.15, 0.2) is 0 Å². The lowest BCUT2D eigenvalue weighted by Gasteiger charge is -2.13.